The minimum Gasteiger partial charge on any atom is -0.445 e. The third-order valence-electron chi connectivity index (χ3n) is 3.41. The first-order chi connectivity index (χ1) is 8.99. The lowest BCUT2D eigenvalue weighted by molar-refractivity contribution is -0.130. The van der Waals surface area contributed by atoms with Gasteiger partial charge in [-0.1, -0.05) is 44.2 Å². The topological polar surface area (TPSA) is 46.6 Å². The van der Waals surface area contributed by atoms with Gasteiger partial charge in [0.15, 0.2) is 0 Å². The second-order valence-electron chi connectivity index (χ2n) is 5.52. The van der Waals surface area contributed by atoms with E-state index in [0.717, 1.165) is 5.56 Å². The molecular weight excluding hydrogens is 242 g/mol. The number of carbonyl (C=O) groups is 2. The Balaban J connectivity index is 1.89. The van der Waals surface area contributed by atoms with Crippen molar-refractivity contribution in [3.63, 3.8) is 0 Å². The molecule has 102 valence electrons. The number of Topliss-reactive ketones (excluding diaryl/α,β-unsaturated/α-hetero) is 1. The Morgan fingerprint density at radius 3 is 2.63 bits per heavy atom. The molecule has 1 saturated heterocycles. The second kappa shape index (κ2) is 5.43. The van der Waals surface area contributed by atoms with Gasteiger partial charge in [0, 0.05) is 24.9 Å². The average molecular weight is 261 g/mol. The van der Waals surface area contributed by atoms with Gasteiger partial charge in [-0.05, 0) is 5.56 Å². The molecule has 1 heterocycles. The van der Waals surface area contributed by atoms with Crippen LogP contribution in [0.5, 0.6) is 0 Å². The third kappa shape index (κ3) is 3.34. The predicted octanol–water partition coefficient (Wildman–Crippen LogP) is 2.62. The zero-order chi connectivity index (χ0) is 13.9. The smallest absolute Gasteiger partial charge is 0.410 e. The van der Waals surface area contributed by atoms with Crippen molar-refractivity contribution in [3.8, 4) is 0 Å². The first-order valence-corrected chi connectivity index (χ1v) is 6.48. The number of piperidine rings is 1. The Labute approximate surface area is 113 Å². The number of nitrogens with zero attached hydrogens (tertiary/aromatic N) is 1. The summed E-state index contributed by atoms with van der Waals surface area (Å²) >= 11 is 0. The van der Waals surface area contributed by atoms with Crippen LogP contribution in [0.25, 0.3) is 0 Å². The van der Waals surface area contributed by atoms with Gasteiger partial charge in [-0.3, -0.25) is 4.79 Å². The van der Waals surface area contributed by atoms with Gasteiger partial charge < -0.3 is 9.64 Å². The molecular formula is C15H19NO3. The maximum atomic E-state index is 12.0. The van der Waals surface area contributed by atoms with Crippen molar-refractivity contribution in [1.82, 2.24) is 4.90 Å². The number of ether oxygens (including phenoxy) is 1. The van der Waals surface area contributed by atoms with Gasteiger partial charge >= 0.3 is 6.09 Å². The zero-order valence-corrected chi connectivity index (χ0v) is 11.4. The van der Waals surface area contributed by atoms with E-state index in [0.29, 0.717) is 19.5 Å². The van der Waals surface area contributed by atoms with Crippen LogP contribution in [0.1, 0.15) is 25.8 Å². The van der Waals surface area contributed by atoms with E-state index in [1.54, 1.807) is 4.90 Å². The molecule has 0 radical (unpaired) electrons. The number of ketones is 1. The Morgan fingerprint density at radius 1 is 1.32 bits per heavy atom. The van der Waals surface area contributed by atoms with Crippen molar-refractivity contribution in [2.75, 3.05) is 13.1 Å². The van der Waals surface area contributed by atoms with Crippen LogP contribution < -0.4 is 0 Å². The molecule has 0 atom stereocenters. The molecule has 19 heavy (non-hydrogen) atoms. The lowest BCUT2D eigenvalue weighted by atomic mass is 9.83. The molecule has 1 aromatic carbocycles. The molecule has 1 amide bonds. The van der Waals surface area contributed by atoms with Crippen LogP contribution in [0, 0.1) is 5.41 Å². The number of hydrogen-bond donors (Lipinski definition) is 0. The lowest BCUT2D eigenvalue weighted by Crippen LogP contribution is -2.48. The third-order valence-corrected chi connectivity index (χ3v) is 3.41. The normalized spacial score (nSPS) is 18.2. The predicted molar refractivity (Wildman–Crippen MR) is 71.6 cm³/mol. The summed E-state index contributed by atoms with van der Waals surface area (Å²) in [6, 6.07) is 9.57. The van der Waals surface area contributed by atoms with Crippen molar-refractivity contribution in [2.45, 2.75) is 26.9 Å². The molecule has 4 nitrogen and oxygen atoms in total. The van der Waals surface area contributed by atoms with E-state index in [4.69, 9.17) is 4.74 Å². The Bertz CT molecular complexity index is 468. The molecule has 0 spiro atoms. The van der Waals surface area contributed by atoms with E-state index >= 15 is 0 Å². The van der Waals surface area contributed by atoms with Crippen molar-refractivity contribution in [1.29, 1.82) is 0 Å². The first-order valence-electron chi connectivity index (χ1n) is 6.48. The second-order valence-corrected chi connectivity index (χ2v) is 5.52. The van der Waals surface area contributed by atoms with E-state index in [1.165, 1.54) is 0 Å². The number of amides is 1. The van der Waals surface area contributed by atoms with Crippen molar-refractivity contribution in [3.05, 3.63) is 35.9 Å². The van der Waals surface area contributed by atoms with E-state index in [1.807, 2.05) is 44.2 Å². The summed E-state index contributed by atoms with van der Waals surface area (Å²) < 4.78 is 5.27. The molecule has 0 saturated carbocycles. The van der Waals surface area contributed by atoms with Gasteiger partial charge in [-0.15, -0.1) is 0 Å². The van der Waals surface area contributed by atoms with Crippen LogP contribution in [0.3, 0.4) is 0 Å². The molecule has 1 aliphatic heterocycles. The van der Waals surface area contributed by atoms with Gasteiger partial charge in [-0.25, -0.2) is 4.79 Å². The van der Waals surface area contributed by atoms with Crippen LogP contribution in [0.15, 0.2) is 30.3 Å². The Morgan fingerprint density at radius 2 is 2.00 bits per heavy atom. The molecule has 0 N–H and O–H groups in total. The standard InChI is InChI=1S/C15H19NO3/c1-15(2)11-16(9-8-13(15)17)14(18)19-10-12-6-4-3-5-7-12/h3-7H,8-11H2,1-2H3. The highest BCUT2D eigenvalue weighted by molar-refractivity contribution is 5.86. The minimum atomic E-state index is -0.468. The van der Waals surface area contributed by atoms with E-state index in [9.17, 15) is 9.59 Å². The number of hydrogen-bond acceptors (Lipinski definition) is 3. The highest BCUT2D eigenvalue weighted by atomic mass is 16.6. The fourth-order valence-corrected chi connectivity index (χ4v) is 2.19. The highest BCUT2D eigenvalue weighted by Crippen LogP contribution is 2.25. The summed E-state index contributed by atoms with van der Waals surface area (Å²) in [4.78, 5) is 25.3. The van der Waals surface area contributed by atoms with Gasteiger partial charge in [-0.2, -0.15) is 0 Å². The van der Waals surface area contributed by atoms with Crippen LogP contribution in [-0.4, -0.2) is 29.9 Å². The van der Waals surface area contributed by atoms with Gasteiger partial charge in [0.25, 0.3) is 0 Å². The quantitative estimate of drug-likeness (QED) is 0.822. The van der Waals surface area contributed by atoms with Crippen LogP contribution in [-0.2, 0) is 16.1 Å². The molecule has 1 aliphatic rings. The maximum absolute atomic E-state index is 12.0. The summed E-state index contributed by atoms with van der Waals surface area (Å²) in [6.07, 6.45) is 0.0670. The fraction of sp³-hybridized carbons (Fsp3) is 0.467. The van der Waals surface area contributed by atoms with Crippen molar-refractivity contribution in [2.24, 2.45) is 5.41 Å². The fourth-order valence-electron chi connectivity index (χ4n) is 2.19. The molecule has 0 aromatic heterocycles. The van der Waals surface area contributed by atoms with E-state index in [2.05, 4.69) is 0 Å². The molecule has 2 rings (SSSR count). The maximum Gasteiger partial charge on any atom is 0.410 e. The number of likely N-dealkylation sites (tertiary alicyclic amines) is 1. The van der Waals surface area contributed by atoms with Crippen LogP contribution in [0.4, 0.5) is 4.79 Å². The molecule has 0 unspecified atom stereocenters. The average Bonchev–Trinajstić information content (AvgIpc) is 2.40. The van der Waals surface area contributed by atoms with Crippen LogP contribution in [0.2, 0.25) is 0 Å². The molecule has 1 fully saturated rings. The summed E-state index contributed by atoms with van der Waals surface area (Å²) in [5.41, 5.74) is 0.493. The minimum absolute atomic E-state index is 0.208. The highest BCUT2D eigenvalue weighted by Gasteiger charge is 2.36. The zero-order valence-electron chi connectivity index (χ0n) is 11.4. The summed E-state index contributed by atoms with van der Waals surface area (Å²) in [6.45, 7) is 4.89. The Hall–Kier alpha value is -1.84. The van der Waals surface area contributed by atoms with Crippen molar-refractivity contribution >= 4 is 11.9 Å². The molecule has 0 bridgehead atoms. The van der Waals surface area contributed by atoms with Crippen LogP contribution >= 0.6 is 0 Å². The lowest BCUT2D eigenvalue weighted by Gasteiger charge is -2.35. The SMILES string of the molecule is CC1(C)CN(C(=O)OCc2ccccc2)CCC1=O. The summed E-state index contributed by atoms with van der Waals surface area (Å²) in [7, 11) is 0. The van der Waals surface area contributed by atoms with Gasteiger partial charge in [0.2, 0.25) is 0 Å². The monoisotopic (exact) mass is 261 g/mol. The number of benzene rings is 1. The first kappa shape index (κ1) is 13.6. The molecule has 0 aliphatic carbocycles. The van der Waals surface area contributed by atoms with E-state index in [-0.39, 0.29) is 18.5 Å². The summed E-state index contributed by atoms with van der Waals surface area (Å²) in [5, 5.41) is 0. The Kier molecular flexibility index (Phi) is 3.88. The van der Waals surface area contributed by atoms with Gasteiger partial charge in [0.05, 0.1) is 0 Å². The van der Waals surface area contributed by atoms with Crippen molar-refractivity contribution < 1.29 is 14.3 Å². The molecule has 1 aromatic rings. The number of rotatable bonds is 2. The summed E-state index contributed by atoms with van der Waals surface area (Å²) in [5.74, 6) is 0.208. The van der Waals surface area contributed by atoms with E-state index < -0.39 is 5.41 Å². The number of carbonyl (C=O) groups excluding carboxylic acids is 2. The largest absolute Gasteiger partial charge is 0.445 e. The molecule has 4 heteroatoms. The van der Waals surface area contributed by atoms with Gasteiger partial charge in [0.1, 0.15) is 12.4 Å².